The normalized spacial score (nSPS) is 11.4. The van der Waals surface area contributed by atoms with Crippen LogP contribution in [0.4, 0.5) is 0 Å². The predicted molar refractivity (Wildman–Crippen MR) is 113 cm³/mol. The van der Waals surface area contributed by atoms with E-state index in [4.69, 9.17) is 11.6 Å². The molecular formula is C21H15ClN6O. The van der Waals surface area contributed by atoms with Crippen LogP contribution in [0.3, 0.4) is 0 Å². The van der Waals surface area contributed by atoms with E-state index in [-0.39, 0.29) is 10.9 Å². The van der Waals surface area contributed by atoms with Gasteiger partial charge in [-0.3, -0.25) is 14.5 Å². The quantitative estimate of drug-likeness (QED) is 0.483. The average molecular weight is 403 g/mol. The van der Waals surface area contributed by atoms with Crippen molar-refractivity contribution in [2.45, 2.75) is 6.92 Å². The minimum atomic E-state index is -0.204. The van der Waals surface area contributed by atoms with Gasteiger partial charge in [0.1, 0.15) is 11.4 Å². The van der Waals surface area contributed by atoms with Gasteiger partial charge in [0.05, 0.1) is 16.2 Å². The Morgan fingerprint density at radius 3 is 2.66 bits per heavy atom. The number of fused-ring (bicyclic) bond motifs is 2. The third-order valence-corrected chi connectivity index (χ3v) is 4.99. The van der Waals surface area contributed by atoms with E-state index in [2.05, 4.69) is 25.0 Å². The number of nitrogens with zero attached hydrogens (tertiary/aromatic N) is 5. The molecule has 0 atom stereocenters. The number of hydrogen-bond donors (Lipinski definition) is 1. The molecule has 7 nitrogen and oxygen atoms in total. The van der Waals surface area contributed by atoms with Crippen LogP contribution in [0, 0.1) is 6.92 Å². The average Bonchev–Trinajstić information content (AvgIpc) is 3.14. The first-order chi connectivity index (χ1) is 14.0. The molecule has 0 bridgehead atoms. The van der Waals surface area contributed by atoms with Crippen molar-refractivity contribution in [1.29, 1.82) is 0 Å². The largest absolute Gasteiger partial charge is 0.345 e. The Hall–Kier alpha value is -3.58. The fourth-order valence-corrected chi connectivity index (χ4v) is 3.60. The second kappa shape index (κ2) is 6.49. The van der Waals surface area contributed by atoms with Crippen molar-refractivity contribution in [3.05, 3.63) is 69.7 Å². The smallest absolute Gasteiger partial charge is 0.209 e. The summed E-state index contributed by atoms with van der Waals surface area (Å²) in [5, 5.41) is 5.86. The van der Waals surface area contributed by atoms with Crippen LogP contribution in [0.1, 0.15) is 5.69 Å². The molecule has 0 aliphatic carbocycles. The molecule has 29 heavy (non-hydrogen) atoms. The first kappa shape index (κ1) is 17.5. The highest BCUT2D eigenvalue weighted by Gasteiger charge is 2.18. The molecule has 0 spiro atoms. The van der Waals surface area contributed by atoms with Crippen LogP contribution in [-0.4, -0.2) is 29.7 Å². The summed E-state index contributed by atoms with van der Waals surface area (Å²) < 4.78 is 1.69. The fraction of sp³-hybridized carbons (Fsp3) is 0.0952. The molecule has 0 unspecified atom stereocenters. The van der Waals surface area contributed by atoms with Crippen LogP contribution in [0.2, 0.25) is 5.02 Å². The van der Waals surface area contributed by atoms with Crippen LogP contribution in [0.15, 0.2) is 53.6 Å². The van der Waals surface area contributed by atoms with E-state index in [0.29, 0.717) is 27.8 Å². The highest BCUT2D eigenvalue weighted by Crippen LogP contribution is 2.34. The maximum Gasteiger partial charge on any atom is 0.209 e. The van der Waals surface area contributed by atoms with Gasteiger partial charge in [-0.25, -0.2) is 9.97 Å². The summed E-state index contributed by atoms with van der Waals surface area (Å²) in [5.74, 6) is 0. The number of nitrogens with one attached hydrogen (secondary N) is 1. The molecule has 142 valence electrons. The number of aromatic nitrogens is 6. The Morgan fingerprint density at radius 2 is 1.86 bits per heavy atom. The van der Waals surface area contributed by atoms with Gasteiger partial charge < -0.3 is 4.98 Å². The van der Waals surface area contributed by atoms with E-state index in [1.165, 1.54) is 6.07 Å². The fourth-order valence-electron chi connectivity index (χ4n) is 3.33. The molecule has 0 aliphatic heterocycles. The van der Waals surface area contributed by atoms with Crippen LogP contribution in [-0.2, 0) is 7.05 Å². The lowest BCUT2D eigenvalue weighted by Gasteiger charge is -2.10. The molecule has 0 radical (unpaired) electrons. The number of rotatable bonds is 2. The lowest BCUT2D eigenvalue weighted by Crippen LogP contribution is -2.07. The predicted octanol–water partition coefficient (Wildman–Crippen LogP) is 3.90. The summed E-state index contributed by atoms with van der Waals surface area (Å²) in [6.07, 6.45) is 3.39. The van der Waals surface area contributed by atoms with Gasteiger partial charge in [0, 0.05) is 42.2 Å². The Bertz CT molecular complexity index is 1470. The first-order valence-corrected chi connectivity index (χ1v) is 9.34. The summed E-state index contributed by atoms with van der Waals surface area (Å²) in [4.78, 5) is 29.2. The van der Waals surface area contributed by atoms with Gasteiger partial charge in [0.25, 0.3) is 0 Å². The summed E-state index contributed by atoms with van der Waals surface area (Å²) >= 11 is 6.54. The molecule has 0 saturated heterocycles. The molecule has 1 N–H and O–H groups in total. The minimum Gasteiger partial charge on any atom is -0.345 e. The van der Waals surface area contributed by atoms with Crippen molar-refractivity contribution in [2.75, 3.05) is 0 Å². The number of benzene rings is 1. The standard InChI is InChI=1S/C21H15ClN6O/c1-11-3-4-12-9-13(10-14(22)17(12)24-11)18-19(15-6-8-28(2)27-15)26-21-20(25-18)16(29)5-7-23-21/h3-10H,1-2H3,(H,23,26,29). The Labute approximate surface area is 170 Å². The molecule has 0 amide bonds. The maximum atomic E-state index is 12.4. The van der Waals surface area contributed by atoms with Crippen molar-refractivity contribution in [1.82, 2.24) is 29.7 Å². The monoisotopic (exact) mass is 402 g/mol. The van der Waals surface area contributed by atoms with Crippen LogP contribution >= 0.6 is 11.6 Å². The summed E-state index contributed by atoms with van der Waals surface area (Å²) in [6, 6.07) is 10.9. The first-order valence-electron chi connectivity index (χ1n) is 8.96. The highest BCUT2D eigenvalue weighted by atomic mass is 35.5. The lowest BCUT2D eigenvalue weighted by atomic mass is 10.0. The van der Waals surface area contributed by atoms with Crippen molar-refractivity contribution in [2.24, 2.45) is 7.05 Å². The van der Waals surface area contributed by atoms with Gasteiger partial charge in [-0.1, -0.05) is 17.7 Å². The van der Waals surface area contributed by atoms with Crippen LogP contribution < -0.4 is 5.43 Å². The number of pyridine rings is 2. The van der Waals surface area contributed by atoms with Gasteiger partial charge in [0.15, 0.2) is 11.2 Å². The van der Waals surface area contributed by atoms with E-state index < -0.39 is 0 Å². The summed E-state index contributed by atoms with van der Waals surface area (Å²) in [5.41, 5.74) is 4.58. The zero-order chi connectivity index (χ0) is 20.1. The molecule has 8 heteroatoms. The van der Waals surface area contributed by atoms with Crippen molar-refractivity contribution < 1.29 is 0 Å². The van der Waals surface area contributed by atoms with E-state index in [9.17, 15) is 4.79 Å². The molecule has 0 aliphatic rings. The van der Waals surface area contributed by atoms with Crippen molar-refractivity contribution in [3.63, 3.8) is 0 Å². The number of hydrogen-bond acceptors (Lipinski definition) is 5. The molecule has 1 aromatic carbocycles. The van der Waals surface area contributed by atoms with Crippen molar-refractivity contribution in [3.8, 4) is 22.6 Å². The van der Waals surface area contributed by atoms with E-state index in [1.807, 2.05) is 44.4 Å². The van der Waals surface area contributed by atoms with Crippen LogP contribution in [0.5, 0.6) is 0 Å². The Morgan fingerprint density at radius 1 is 1.00 bits per heavy atom. The molecule has 0 fully saturated rings. The molecule has 5 aromatic rings. The second-order valence-corrected chi connectivity index (χ2v) is 7.22. The SMILES string of the molecule is Cc1ccc2cc(-c3nc4c(=O)cc[nH]c4nc3-c3ccn(C)n3)cc(Cl)c2n1. The van der Waals surface area contributed by atoms with Gasteiger partial charge in [-0.05, 0) is 31.2 Å². The molecule has 4 aromatic heterocycles. The number of H-pyrrole nitrogens is 1. The number of aromatic amines is 1. The third kappa shape index (κ3) is 2.96. The number of halogens is 1. The van der Waals surface area contributed by atoms with Crippen LogP contribution in [0.25, 0.3) is 44.7 Å². The summed E-state index contributed by atoms with van der Waals surface area (Å²) in [7, 11) is 1.83. The zero-order valence-corrected chi connectivity index (χ0v) is 16.4. The van der Waals surface area contributed by atoms with Crippen molar-refractivity contribution >= 4 is 33.7 Å². The minimum absolute atomic E-state index is 0.204. The number of aryl methyl sites for hydroxylation is 2. The topological polar surface area (TPSA) is 89.4 Å². The molecular weight excluding hydrogens is 388 g/mol. The molecule has 0 saturated carbocycles. The van der Waals surface area contributed by atoms with E-state index in [0.717, 1.165) is 22.2 Å². The van der Waals surface area contributed by atoms with Gasteiger partial charge in [-0.2, -0.15) is 5.10 Å². The van der Waals surface area contributed by atoms with E-state index in [1.54, 1.807) is 16.9 Å². The Kier molecular flexibility index (Phi) is 3.92. The molecule has 5 rings (SSSR count). The van der Waals surface area contributed by atoms with Gasteiger partial charge in [0.2, 0.25) is 5.43 Å². The summed E-state index contributed by atoms with van der Waals surface area (Å²) in [6.45, 7) is 1.92. The van der Waals surface area contributed by atoms with Gasteiger partial charge >= 0.3 is 0 Å². The third-order valence-electron chi connectivity index (χ3n) is 4.70. The zero-order valence-electron chi connectivity index (χ0n) is 15.6. The van der Waals surface area contributed by atoms with E-state index >= 15 is 0 Å². The maximum absolute atomic E-state index is 12.4. The van der Waals surface area contributed by atoms with Gasteiger partial charge in [-0.15, -0.1) is 0 Å². The Balaban J connectivity index is 1.86. The molecule has 4 heterocycles. The lowest BCUT2D eigenvalue weighted by molar-refractivity contribution is 0.770. The second-order valence-electron chi connectivity index (χ2n) is 6.82. The highest BCUT2D eigenvalue weighted by molar-refractivity contribution is 6.35.